The lowest BCUT2D eigenvalue weighted by atomic mass is 10.1. The first-order valence-electron chi connectivity index (χ1n) is 7.55. The van der Waals surface area contributed by atoms with Crippen molar-refractivity contribution in [3.63, 3.8) is 0 Å². The van der Waals surface area contributed by atoms with Crippen LogP contribution in [0.2, 0.25) is 5.02 Å². The number of hydrogen-bond donors (Lipinski definition) is 1. The Morgan fingerprint density at radius 2 is 1.88 bits per heavy atom. The highest BCUT2D eigenvalue weighted by Gasteiger charge is 2.31. The molecule has 24 heavy (non-hydrogen) atoms. The Labute approximate surface area is 145 Å². The molecule has 1 aliphatic heterocycles. The Kier molecular flexibility index (Phi) is 4.16. The minimum absolute atomic E-state index is 0.101. The molecule has 0 saturated carbocycles. The third-order valence-corrected chi connectivity index (χ3v) is 4.34. The Bertz CT molecular complexity index is 815. The molecule has 0 fully saturated rings. The number of benzene rings is 2. The SMILES string of the molecule is C=C1c2ccccc2C(=O)N1CC(=O)Nc1c(C)cc(C)cc1Cl. The number of halogens is 1. The number of fused-ring (bicyclic) bond motifs is 1. The monoisotopic (exact) mass is 340 g/mol. The van der Waals surface area contributed by atoms with Crippen LogP contribution < -0.4 is 5.32 Å². The van der Waals surface area contributed by atoms with Crippen molar-refractivity contribution in [3.05, 3.63) is 70.3 Å². The standard InChI is InChI=1S/C19H17ClN2O2/c1-11-8-12(2)18(16(20)9-11)21-17(23)10-22-13(3)14-6-4-5-7-15(14)19(22)24/h4-9H,3,10H2,1-2H3,(H,21,23). The lowest BCUT2D eigenvalue weighted by molar-refractivity contribution is -0.116. The molecule has 0 atom stereocenters. The molecule has 2 aromatic carbocycles. The van der Waals surface area contributed by atoms with Crippen LogP contribution in [-0.2, 0) is 4.79 Å². The highest BCUT2D eigenvalue weighted by Crippen LogP contribution is 2.31. The van der Waals surface area contributed by atoms with Gasteiger partial charge in [0.25, 0.3) is 5.91 Å². The van der Waals surface area contributed by atoms with Crippen LogP contribution >= 0.6 is 11.6 Å². The highest BCUT2D eigenvalue weighted by atomic mass is 35.5. The van der Waals surface area contributed by atoms with E-state index in [-0.39, 0.29) is 18.4 Å². The van der Waals surface area contributed by atoms with Crippen LogP contribution in [-0.4, -0.2) is 23.3 Å². The third kappa shape index (κ3) is 2.81. The van der Waals surface area contributed by atoms with E-state index in [1.54, 1.807) is 18.2 Å². The van der Waals surface area contributed by atoms with Crippen molar-refractivity contribution in [2.24, 2.45) is 0 Å². The molecule has 3 rings (SSSR count). The van der Waals surface area contributed by atoms with E-state index in [9.17, 15) is 9.59 Å². The molecule has 0 saturated heterocycles. The maximum Gasteiger partial charge on any atom is 0.259 e. The minimum atomic E-state index is -0.314. The first-order valence-corrected chi connectivity index (χ1v) is 7.93. The molecule has 0 spiro atoms. The largest absolute Gasteiger partial charge is 0.323 e. The van der Waals surface area contributed by atoms with E-state index >= 15 is 0 Å². The van der Waals surface area contributed by atoms with E-state index in [1.165, 1.54) is 4.90 Å². The Balaban J connectivity index is 1.78. The highest BCUT2D eigenvalue weighted by molar-refractivity contribution is 6.34. The number of carbonyl (C=O) groups excluding carboxylic acids is 2. The van der Waals surface area contributed by atoms with Gasteiger partial charge in [-0.1, -0.05) is 42.4 Å². The van der Waals surface area contributed by atoms with Crippen LogP contribution in [0.15, 0.2) is 43.0 Å². The molecule has 1 heterocycles. The first-order chi connectivity index (χ1) is 11.4. The quantitative estimate of drug-likeness (QED) is 0.917. The molecule has 5 heteroatoms. The maximum absolute atomic E-state index is 12.4. The second kappa shape index (κ2) is 6.13. The number of anilines is 1. The predicted molar refractivity (Wildman–Crippen MR) is 96.1 cm³/mol. The molecule has 0 unspecified atom stereocenters. The van der Waals surface area contributed by atoms with Gasteiger partial charge in [-0.15, -0.1) is 0 Å². The van der Waals surface area contributed by atoms with E-state index < -0.39 is 0 Å². The number of nitrogens with one attached hydrogen (secondary N) is 1. The average molecular weight is 341 g/mol. The average Bonchev–Trinajstić information content (AvgIpc) is 2.76. The Hall–Kier alpha value is -2.59. The van der Waals surface area contributed by atoms with Gasteiger partial charge in [0.15, 0.2) is 0 Å². The zero-order valence-electron chi connectivity index (χ0n) is 13.5. The third-order valence-electron chi connectivity index (χ3n) is 4.04. The molecule has 2 aromatic rings. The van der Waals surface area contributed by atoms with E-state index in [0.29, 0.717) is 22.0 Å². The lowest BCUT2D eigenvalue weighted by Crippen LogP contribution is -2.33. The summed E-state index contributed by atoms with van der Waals surface area (Å²) in [6.07, 6.45) is 0. The molecule has 2 amide bonds. The van der Waals surface area contributed by atoms with Gasteiger partial charge in [-0.05, 0) is 37.1 Å². The van der Waals surface area contributed by atoms with Gasteiger partial charge in [0.1, 0.15) is 6.54 Å². The van der Waals surface area contributed by atoms with E-state index in [0.717, 1.165) is 16.7 Å². The zero-order valence-corrected chi connectivity index (χ0v) is 14.3. The summed E-state index contributed by atoms with van der Waals surface area (Å²) in [5.74, 6) is -0.524. The smallest absolute Gasteiger partial charge is 0.259 e. The first kappa shape index (κ1) is 16.3. The summed E-state index contributed by atoms with van der Waals surface area (Å²) in [6, 6.07) is 10.9. The Morgan fingerprint density at radius 3 is 2.50 bits per heavy atom. The van der Waals surface area contributed by atoms with Gasteiger partial charge in [0.2, 0.25) is 5.91 Å². The molecule has 0 aromatic heterocycles. The summed E-state index contributed by atoms with van der Waals surface area (Å²) in [5.41, 5.74) is 4.34. The summed E-state index contributed by atoms with van der Waals surface area (Å²) in [6.45, 7) is 7.65. The van der Waals surface area contributed by atoms with E-state index in [2.05, 4.69) is 11.9 Å². The summed E-state index contributed by atoms with van der Waals surface area (Å²) < 4.78 is 0. The maximum atomic E-state index is 12.4. The number of aryl methyl sites for hydroxylation is 2. The Morgan fingerprint density at radius 1 is 1.21 bits per heavy atom. The van der Waals surface area contributed by atoms with Crippen molar-refractivity contribution in [2.45, 2.75) is 13.8 Å². The summed E-state index contributed by atoms with van der Waals surface area (Å²) >= 11 is 6.21. The number of hydrogen-bond acceptors (Lipinski definition) is 2. The van der Waals surface area contributed by atoms with Crippen LogP contribution in [0.4, 0.5) is 5.69 Å². The molecule has 4 nitrogen and oxygen atoms in total. The summed E-state index contributed by atoms with van der Waals surface area (Å²) in [7, 11) is 0. The van der Waals surface area contributed by atoms with Crippen LogP contribution in [0.5, 0.6) is 0 Å². The second-order valence-corrected chi connectivity index (χ2v) is 6.28. The van der Waals surface area contributed by atoms with Gasteiger partial charge >= 0.3 is 0 Å². The van der Waals surface area contributed by atoms with Gasteiger partial charge in [0.05, 0.1) is 10.7 Å². The van der Waals surface area contributed by atoms with Gasteiger partial charge in [-0.25, -0.2) is 0 Å². The van der Waals surface area contributed by atoms with Crippen molar-refractivity contribution < 1.29 is 9.59 Å². The fourth-order valence-electron chi connectivity index (χ4n) is 2.90. The summed E-state index contributed by atoms with van der Waals surface area (Å²) in [5, 5.41) is 3.28. The van der Waals surface area contributed by atoms with Crippen molar-refractivity contribution in [2.75, 3.05) is 11.9 Å². The van der Waals surface area contributed by atoms with Crippen LogP contribution in [0, 0.1) is 13.8 Å². The van der Waals surface area contributed by atoms with Crippen molar-refractivity contribution in [1.82, 2.24) is 4.90 Å². The minimum Gasteiger partial charge on any atom is -0.323 e. The number of nitrogens with zero attached hydrogens (tertiary/aromatic N) is 1. The van der Waals surface area contributed by atoms with Gasteiger partial charge < -0.3 is 5.32 Å². The van der Waals surface area contributed by atoms with Crippen molar-refractivity contribution in [1.29, 1.82) is 0 Å². The van der Waals surface area contributed by atoms with Crippen molar-refractivity contribution in [3.8, 4) is 0 Å². The normalized spacial score (nSPS) is 13.2. The molecule has 0 radical (unpaired) electrons. The molecule has 1 aliphatic rings. The van der Waals surface area contributed by atoms with Gasteiger partial charge in [-0.2, -0.15) is 0 Å². The van der Waals surface area contributed by atoms with Gasteiger partial charge in [-0.3, -0.25) is 14.5 Å². The molecular weight excluding hydrogens is 324 g/mol. The molecule has 122 valence electrons. The fraction of sp³-hybridized carbons (Fsp3) is 0.158. The second-order valence-electron chi connectivity index (χ2n) is 5.87. The predicted octanol–water partition coefficient (Wildman–Crippen LogP) is 4.02. The lowest BCUT2D eigenvalue weighted by Gasteiger charge is -2.18. The number of amides is 2. The molecule has 0 bridgehead atoms. The molecule has 1 N–H and O–H groups in total. The summed E-state index contributed by atoms with van der Waals surface area (Å²) in [4.78, 5) is 26.2. The van der Waals surface area contributed by atoms with E-state index in [1.807, 2.05) is 32.0 Å². The van der Waals surface area contributed by atoms with Crippen LogP contribution in [0.1, 0.15) is 27.0 Å². The fourth-order valence-corrected chi connectivity index (χ4v) is 3.27. The zero-order chi connectivity index (χ0) is 17.4. The van der Waals surface area contributed by atoms with Crippen LogP contribution in [0.3, 0.4) is 0 Å². The number of rotatable bonds is 3. The topological polar surface area (TPSA) is 49.4 Å². The van der Waals surface area contributed by atoms with Gasteiger partial charge in [0, 0.05) is 16.8 Å². The molecular formula is C19H17ClN2O2. The number of carbonyl (C=O) groups is 2. The van der Waals surface area contributed by atoms with Crippen LogP contribution in [0.25, 0.3) is 5.70 Å². The molecule has 0 aliphatic carbocycles. The van der Waals surface area contributed by atoms with Crippen molar-refractivity contribution >= 4 is 34.8 Å². The van der Waals surface area contributed by atoms with E-state index in [4.69, 9.17) is 11.6 Å².